The summed E-state index contributed by atoms with van der Waals surface area (Å²) in [5.74, 6) is -0.313. The Morgan fingerprint density at radius 1 is 1.09 bits per heavy atom. The molecule has 1 fully saturated rings. The molecule has 0 radical (unpaired) electrons. The van der Waals surface area contributed by atoms with Crippen LogP contribution < -0.4 is 15.4 Å². The van der Waals surface area contributed by atoms with Crippen LogP contribution in [-0.2, 0) is 11.0 Å². The van der Waals surface area contributed by atoms with E-state index in [9.17, 15) is 22.8 Å². The summed E-state index contributed by atoms with van der Waals surface area (Å²) in [5, 5.41) is 5.40. The van der Waals surface area contributed by atoms with E-state index in [1.54, 1.807) is 0 Å². The summed E-state index contributed by atoms with van der Waals surface area (Å²) in [4.78, 5) is 27.6. The molecule has 2 N–H and O–H groups in total. The molecule has 1 aliphatic heterocycles. The third-order valence-corrected chi connectivity index (χ3v) is 6.35. The number of nitrogens with one attached hydrogen (secondary N) is 2. The number of ether oxygens (including phenoxy) is 1. The zero-order valence-electron chi connectivity index (χ0n) is 20.2. The minimum Gasteiger partial charge on any atom is -0.497 e. The van der Waals surface area contributed by atoms with E-state index in [0.29, 0.717) is 24.3 Å². The Bertz CT molecular complexity index is 1010. The van der Waals surface area contributed by atoms with E-state index in [0.717, 1.165) is 32.0 Å². The van der Waals surface area contributed by atoms with Gasteiger partial charge in [0.15, 0.2) is 5.78 Å². The largest absolute Gasteiger partial charge is 0.497 e. The van der Waals surface area contributed by atoms with Crippen molar-refractivity contribution >= 4 is 17.4 Å². The second-order valence-electron chi connectivity index (χ2n) is 9.01. The van der Waals surface area contributed by atoms with Gasteiger partial charge < -0.3 is 20.3 Å². The summed E-state index contributed by atoms with van der Waals surface area (Å²) in [7, 11) is 1.46. The number of nitrogens with zero attached hydrogens (tertiary/aromatic N) is 1. The lowest BCUT2D eigenvalue weighted by Crippen LogP contribution is -2.42. The molecular weight excluding hydrogens is 459 g/mol. The van der Waals surface area contributed by atoms with Crippen LogP contribution in [0.1, 0.15) is 48.2 Å². The number of hydrogen-bond acceptors (Lipinski definition) is 5. The molecule has 0 aliphatic carbocycles. The second kappa shape index (κ2) is 11.6. The van der Waals surface area contributed by atoms with E-state index in [4.69, 9.17) is 4.74 Å². The van der Waals surface area contributed by atoms with Gasteiger partial charge in [-0.3, -0.25) is 9.59 Å². The SMILES string of the molecule is COc1ccc(C(=O)c2cccc(NCC(=O)NCC3CCN(C(C)C)CC3)c2C(F)(F)F)cc1. The lowest BCUT2D eigenvalue weighted by molar-refractivity contribution is -0.137. The van der Waals surface area contributed by atoms with E-state index in [-0.39, 0.29) is 17.8 Å². The predicted octanol–water partition coefficient (Wildman–Crippen LogP) is 4.59. The van der Waals surface area contributed by atoms with Crippen LogP contribution in [-0.4, -0.2) is 55.9 Å². The Morgan fingerprint density at radius 2 is 1.74 bits per heavy atom. The van der Waals surface area contributed by atoms with Gasteiger partial charge in [0.25, 0.3) is 0 Å². The normalized spacial score (nSPS) is 15.2. The molecule has 0 atom stereocenters. The number of amides is 1. The highest BCUT2D eigenvalue weighted by atomic mass is 19.4. The van der Waals surface area contributed by atoms with Crippen molar-refractivity contribution in [3.05, 3.63) is 59.2 Å². The van der Waals surface area contributed by atoms with Gasteiger partial charge in [-0.1, -0.05) is 12.1 Å². The molecule has 6 nitrogen and oxygen atoms in total. The molecule has 0 bridgehead atoms. The summed E-state index contributed by atoms with van der Waals surface area (Å²) < 4.78 is 47.0. The number of methoxy groups -OCH3 is 1. The maximum atomic E-state index is 14.0. The molecule has 9 heteroatoms. The van der Waals surface area contributed by atoms with Crippen molar-refractivity contribution in [1.29, 1.82) is 0 Å². The standard InChI is InChI=1S/C26H32F3N3O3/c1-17(2)32-13-11-18(12-14-32)15-31-23(33)16-30-22-6-4-5-21(24(22)26(27,28)29)25(34)19-7-9-20(35-3)10-8-19/h4-10,17-18,30H,11-16H2,1-3H3,(H,31,33). The third kappa shape index (κ3) is 6.97. The first-order chi connectivity index (χ1) is 16.6. The van der Waals surface area contributed by atoms with Crippen molar-refractivity contribution in [3.8, 4) is 5.75 Å². The number of ketones is 1. The highest BCUT2D eigenvalue weighted by Crippen LogP contribution is 2.38. The monoisotopic (exact) mass is 491 g/mol. The van der Waals surface area contributed by atoms with Gasteiger partial charge in [-0.2, -0.15) is 13.2 Å². The maximum Gasteiger partial charge on any atom is 0.419 e. The molecule has 0 spiro atoms. The van der Waals surface area contributed by atoms with Gasteiger partial charge in [0.05, 0.1) is 19.2 Å². The number of alkyl halides is 3. The van der Waals surface area contributed by atoms with E-state index in [1.165, 1.54) is 43.5 Å². The molecule has 35 heavy (non-hydrogen) atoms. The lowest BCUT2D eigenvalue weighted by atomic mass is 9.96. The number of anilines is 1. The maximum absolute atomic E-state index is 14.0. The number of benzene rings is 2. The minimum atomic E-state index is -4.79. The Labute approximate surface area is 203 Å². The van der Waals surface area contributed by atoms with Crippen molar-refractivity contribution < 1.29 is 27.5 Å². The molecular formula is C26H32F3N3O3. The molecule has 1 aliphatic rings. The van der Waals surface area contributed by atoms with Crippen molar-refractivity contribution in [1.82, 2.24) is 10.2 Å². The molecule has 0 saturated carbocycles. The molecule has 2 aromatic carbocycles. The van der Waals surface area contributed by atoms with Crippen LogP contribution >= 0.6 is 0 Å². The van der Waals surface area contributed by atoms with Crippen LogP contribution in [0, 0.1) is 5.92 Å². The van der Waals surface area contributed by atoms with Crippen molar-refractivity contribution in [2.75, 3.05) is 38.6 Å². The quantitative estimate of drug-likeness (QED) is 0.502. The number of rotatable bonds is 9. The fraction of sp³-hybridized carbons (Fsp3) is 0.462. The number of carbonyl (C=O) groups is 2. The van der Waals surface area contributed by atoms with Gasteiger partial charge in [0.1, 0.15) is 5.75 Å². The summed E-state index contributed by atoms with van der Waals surface area (Å²) in [6.45, 7) is 6.43. The van der Waals surface area contributed by atoms with Gasteiger partial charge in [-0.05, 0) is 76.0 Å². The number of piperidine rings is 1. The van der Waals surface area contributed by atoms with Crippen molar-refractivity contribution in [2.24, 2.45) is 5.92 Å². The summed E-state index contributed by atoms with van der Waals surface area (Å²) >= 11 is 0. The van der Waals surface area contributed by atoms with Crippen LogP contribution in [0.5, 0.6) is 5.75 Å². The molecule has 1 saturated heterocycles. The molecule has 0 aromatic heterocycles. The predicted molar refractivity (Wildman–Crippen MR) is 129 cm³/mol. The number of carbonyl (C=O) groups excluding carboxylic acids is 2. The van der Waals surface area contributed by atoms with Crippen molar-refractivity contribution in [3.63, 3.8) is 0 Å². The zero-order valence-corrected chi connectivity index (χ0v) is 20.2. The summed E-state index contributed by atoms with van der Waals surface area (Å²) in [5.41, 5.74) is -1.77. The van der Waals surface area contributed by atoms with E-state index in [2.05, 4.69) is 29.4 Å². The van der Waals surface area contributed by atoms with Crippen LogP contribution in [0.3, 0.4) is 0 Å². The Balaban J connectivity index is 1.66. The fourth-order valence-corrected chi connectivity index (χ4v) is 4.26. The van der Waals surface area contributed by atoms with Crippen LogP contribution in [0.15, 0.2) is 42.5 Å². The molecule has 0 unspecified atom stereocenters. The summed E-state index contributed by atoms with van der Waals surface area (Å²) in [6, 6.07) is 10.1. The molecule has 3 rings (SSSR count). The van der Waals surface area contributed by atoms with Crippen LogP contribution in [0.4, 0.5) is 18.9 Å². The second-order valence-corrected chi connectivity index (χ2v) is 9.01. The fourth-order valence-electron chi connectivity index (χ4n) is 4.26. The van der Waals surface area contributed by atoms with E-state index >= 15 is 0 Å². The third-order valence-electron chi connectivity index (χ3n) is 6.35. The topological polar surface area (TPSA) is 70.7 Å². The average molecular weight is 492 g/mol. The average Bonchev–Trinajstić information content (AvgIpc) is 2.85. The van der Waals surface area contributed by atoms with Gasteiger partial charge >= 0.3 is 6.18 Å². The molecule has 190 valence electrons. The van der Waals surface area contributed by atoms with Gasteiger partial charge in [0, 0.05) is 29.4 Å². The first-order valence-corrected chi connectivity index (χ1v) is 11.7. The highest BCUT2D eigenvalue weighted by molar-refractivity contribution is 6.10. The smallest absolute Gasteiger partial charge is 0.419 e. The zero-order chi connectivity index (χ0) is 25.6. The number of likely N-dealkylation sites (tertiary alicyclic amines) is 1. The number of halogens is 3. The Hall–Kier alpha value is -3.07. The van der Waals surface area contributed by atoms with Gasteiger partial charge in [-0.15, -0.1) is 0 Å². The molecule has 1 amide bonds. The highest BCUT2D eigenvalue weighted by Gasteiger charge is 2.38. The first-order valence-electron chi connectivity index (χ1n) is 11.7. The number of hydrogen-bond donors (Lipinski definition) is 2. The van der Waals surface area contributed by atoms with E-state index in [1.807, 2.05) is 0 Å². The first kappa shape index (κ1) is 26.5. The van der Waals surface area contributed by atoms with E-state index < -0.39 is 29.0 Å². The molecule has 2 aromatic rings. The van der Waals surface area contributed by atoms with Crippen LogP contribution in [0.2, 0.25) is 0 Å². The lowest BCUT2D eigenvalue weighted by Gasteiger charge is -2.34. The van der Waals surface area contributed by atoms with Gasteiger partial charge in [-0.25, -0.2) is 0 Å². The molecule has 1 heterocycles. The van der Waals surface area contributed by atoms with Crippen molar-refractivity contribution in [2.45, 2.75) is 38.9 Å². The minimum absolute atomic E-state index is 0.106. The Kier molecular flexibility index (Phi) is 8.77. The Morgan fingerprint density at radius 3 is 2.31 bits per heavy atom. The van der Waals surface area contributed by atoms with Crippen LogP contribution in [0.25, 0.3) is 0 Å². The summed E-state index contributed by atoms with van der Waals surface area (Å²) in [6.07, 6.45) is -2.85. The van der Waals surface area contributed by atoms with Gasteiger partial charge in [0.2, 0.25) is 5.91 Å².